The third-order valence-electron chi connectivity index (χ3n) is 1.45. The van der Waals surface area contributed by atoms with Crippen LogP contribution in [0.1, 0.15) is 5.56 Å². The summed E-state index contributed by atoms with van der Waals surface area (Å²) in [4.78, 5) is -0.394. The Labute approximate surface area is 87.8 Å². The Balaban J connectivity index is 3.31. The molecule has 0 aliphatic carbocycles. The molecule has 0 aromatic heterocycles. The van der Waals surface area contributed by atoms with E-state index in [0.29, 0.717) is 5.75 Å². The maximum Gasteiger partial charge on any atom is 0.333 e. The number of hydrogen-bond acceptors (Lipinski definition) is 3. The minimum absolute atomic E-state index is 0.157. The summed E-state index contributed by atoms with van der Waals surface area (Å²) in [5.41, 5.74) is 0.157. The van der Waals surface area contributed by atoms with E-state index in [0.717, 1.165) is 0 Å². The van der Waals surface area contributed by atoms with Gasteiger partial charge in [0, 0.05) is 5.56 Å². The highest BCUT2D eigenvalue weighted by Crippen LogP contribution is 2.16. The van der Waals surface area contributed by atoms with Gasteiger partial charge in [-0.15, -0.1) is 3.89 Å². The number of rotatable bonds is 1. The summed E-state index contributed by atoms with van der Waals surface area (Å²) in [6, 6.07) is 5.66. The molecule has 0 aliphatic heterocycles. The van der Waals surface area contributed by atoms with E-state index >= 15 is 0 Å². The van der Waals surface area contributed by atoms with Gasteiger partial charge in [0.1, 0.15) is 4.90 Å². The minimum atomic E-state index is -4.69. The van der Waals surface area contributed by atoms with Gasteiger partial charge >= 0.3 is 10.2 Å². The second-order valence-corrected chi connectivity index (χ2v) is 4.03. The van der Waals surface area contributed by atoms with Crippen molar-refractivity contribution in [2.45, 2.75) is 4.90 Å². The molecule has 0 atom stereocenters. The highest BCUT2D eigenvalue weighted by Gasteiger charge is 2.14. The average molecular weight is 230 g/mol. The van der Waals surface area contributed by atoms with E-state index in [9.17, 15) is 12.3 Å². The van der Waals surface area contributed by atoms with E-state index in [1.54, 1.807) is 6.07 Å². The van der Waals surface area contributed by atoms with Crippen molar-refractivity contribution in [1.82, 2.24) is 0 Å². The van der Waals surface area contributed by atoms with E-state index in [4.69, 9.17) is 0 Å². The Morgan fingerprint density at radius 2 is 2.00 bits per heavy atom. The highest BCUT2D eigenvalue weighted by atomic mass is 32.3. The molecule has 0 amide bonds. The Morgan fingerprint density at radius 1 is 1.36 bits per heavy atom. The minimum Gasteiger partial charge on any atom is -0.189 e. The van der Waals surface area contributed by atoms with Gasteiger partial charge in [-0.05, 0) is 12.1 Å². The summed E-state index contributed by atoms with van der Waals surface area (Å²) >= 11 is 3.84. The molecule has 1 aromatic carbocycles. The monoisotopic (exact) mass is 230 g/mol. The van der Waals surface area contributed by atoms with Crippen LogP contribution in [-0.4, -0.2) is 14.2 Å². The number of halogens is 1. The fourth-order valence-corrected chi connectivity index (χ4v) is 1.62. The molecule has 0 aliphatic rings. The largest absolute Gasteiger partial charge is 0.333 e. The molecule has 1 aromatic rings. The second-order valence-electron chi connectivity index (χ2n) is 2.39. The molecule has 0 spiro atoms. The van der Waals surface area contributed by atoms with E-state index in [-0.39, 0.29) is 5.56 Å². The molecule has 0 heterocycles. The SMILES string of the molecule is O=S(=O)(F)c1ccccc1C#CCS. The van der Waals surface area contributed by atoms with Crippen LogP contribution in [0.15, 0.2) is 29.2 Å². The molecule has 0 saturated heterocycles. The molecule has 14 heavy (non-hydrogen) atoms. The van der Waals surface area contributed by atoms with Crippen molar-refractivity contribution in [3.05, 3.63) is 29.8 Å². The number of hydrogen-bond donors (Lipinski definition) is 1. The zero-order valence-corrected chi connectivity index (χ0v) is 8.78. The van der Waals surface area contributed by atoms with Gasteiger partial charge in [-0.1, -0.05) is 24.0 Å². The van der Waals surface area contributed by atoms with E-state index in [1.165, 1.54) is 18.2 Å². The summed E-state index contributed by atoms with van der Waals surface area (Å²) in [5.74, 6) is 5.38. The first-order chi connectivity index (χ1) is 6.55. The molecule has 0 fully saturated rings. The number of benzene rings is 1. The average Bonchev–Trinajstić information content (AvgIpc) is 2.14. The molecule has 0 N–H and O–H groups in total. The first-order valence-electron chi connectivity index (χ1n) is 3.69. The van der Waals surface area contributed by atoms with Crippen LogP contribution < -0.4 is 0 Å². The van der Waals surface area contributed by atoms with Gasteiger partial charge in [-0.2, -0.15) is 21.0 Å². The molecule has 0 saturated carbocycles. The van der Waals surface area contributed by atoms with Gasteiger partial charge in [-0.3, -0.25) is 0 Å². The van der Waals surface area contributed by atoms with Gasteiger partial charge < -0.3 is 0 Å². The highest BCUT2D eigenvalue weighted by molar-refractivity contribution is 7.86. The molecule has 1 rings (SSSR count). The molecule has 0 unspecified atom stereocenters. The van der Waals surface area contributed by atoms with Crippen LogP contribution in [0, 0.1) is 11.8 Å². The second kappa shape index (κ2) is 4.49. The van der Waals surface area contributed by atoms with Crippen molar-refractivity contribution in [3.63, 3.8) is 0 Å². The Hall–Kier alpha value is -0.990. The fraction of sp³-hybridized carbons (Fsp3) is 0.111. The zero-order valence-electron chi connectivity index (χ0n) is 7.07. The summed E-state index contributed by atoms with van der Waals surface area (Å²) < 4.78 is 34.0. The molecular formula is C9H7FO2S2. The smallest absolute Gasteiger partial charge is 0.189 e. The lowest BCUT2D eigenvalue weighted by atomic mass is 10.2. The molecule has 5 heteroatoms. The van der Waals surface area contributed by atoms with Gasteiger partial charge in [0.2, 0.25) is 0 Å². The van der Waals surface area contributed by atoms with Gasteiger partial charge in [0.15, 0.2) is 0 Å². The third-order valence-corrected chi connectivity index (χ3v) is 2.49. The van der Waals surface area contributed by atoms with Crippen LogP contribution in [-0.2, 0) is 10.2 Å². The van der Waals surface area contributed by atoms with Crippen molar-refractivity contribution >= 4 is 22.9 Å². The Bertz CT molecular complexity index is 483. The fourth-order valence-electron chi connectivity index (χ4n) is 0.917. The van der Waals surface area contributed by atoms with Crippen molar-refractivity contribution in [2.24, 2.45) is 0 Å². The quantitative estimate of drug-likeness (QED) is 0.452. The summed E-state index contributed by atoms with van der Waals surface area (Å²) in [7, 11) is -4.69. The summed E-state index contributed by atoms with van der Waals surface area (Å²) in [5, 5.41) is 0. The maximum atomic E-state index is 12.7. The molecular weight excluding hydrogens is 223 g/mol. The summed E-state index contributed by atoms with van der Waals surface area (Å²) in [6.07, 6.45) is 0. The van der Waals surface area contributed by atoms with E-state index in [1.807, 2.05) is 0 Å². The van der Waals surface area contributed by atoms with E-state index in [2.05, 4.69) is 24.5 Å². The standard InChI is InChI=1S/C9H7FO2S2/c10-14(11,12)9-6-2-1-4-8(9)5-3-7-13/h1-2,4,6,13H,7H2. The van der Waals surface area contributed by atoms with Crippen molar-refractivity contribution in [3.8, 4) is 11.8 Å². The Morgan fingerprint density at radius 3 is 2.57 bits per heavy atom. The lowest BCUT2D eigenvalue weighted by Gasteiger charge is -1.97. The maximum absolute atomic E-state index is 12.7. The van der Waals surface area contributed by atoms with Gasteiger partial charge in [0.05, 0.1) is 5.75 Å². The molecule has 0 radical (unpaired) electrons. The normalized spacial score (nSPS) is 10.4. The van der Waals surface area contributed by atoms with Crippen molar-refractivity contribution in [1.29, 1.82) is 0 Å². The predicted octanol–water partition coefficient (Wildman–Crippen LogP) is 1.63. The molecule has 2 nitrogen and oxygen atoms in total. The van der Waals surface area contributed by atoms with Crippen molar-refractivity contribution in [2.75, 3.05) is 5.75 Å². The van der Waals surface area contributed by atoms with Crippen LogP contribution in [0.2, 0.25) is 0 Å². The van der Waals surface area contributed by atoms with Gasteiger partial charge in [0.25, 0.3) is 0 Å². The van der Waals surface area contributed by atoms with E-state index < -0.39 is 15.1 Å². The lowest BCUT2D eigenvalue weighted by Crippen LogP contribution is -1.95. The third kappa shape index (κ3) is 2.76. The predicted molar refractivity (Wildman–Crippen MR) is 55.5 cm³/mol. The Kier molecular flexibility index (Phi) is 3.55. The van der Waals surface area contributed by atoms with Crippen LogP contribution in [0.4, 0.5) is 3.89 Å². The van der Waals surface area contributed by atoms with Crippen LogP contribution >= 0.6 is 12.6 Å². The van der Waals surface area contributed by atoms with Crippen LogP contribution in [0.5, 0.6) is 0 Å². The lowest BCUT2D eigenvalue weighted by molar-refractivity contribution is 0.552. The first kappa shape index (κ1) is 11.1. The first-order valence-corrected chi connectivity index (χ1v) is 5.70. The zero-order chi connectivity index (χ0) is 10.6. The van der Waals surface area contributed by atoms with Gasteiger partial charge in [-0.25, -0.2) is 0 Å². The topological polar surface area (TPSA) is 34.1 Å². The van der Waals surface area contributed by atoms with Crippen LogP contribution in [0.25, 0.3) is 0 Å². The van der Waals surface area contributed by atoms with Crippen LogP contribution in [0.3, 0.4) is 0 Å². The molecule has 0 bridgehead atoms. The number of thiol groups is 1. The molecule has 74 valence electrons. The van der Waals surface area contributed by atoms with Crippen molar-refractivity contribution < 1.29 is 12.3 Å². The summed E-state index contributed by atoms with van der Waals surface area (Å²) in [6.45, 7) is 0.